The van der Waals surface area contributed by atoms with Crippen LogP contribution in [0.15, 0.2) is 42.5 Å². The zero-order valence-corrected chi connectivity index (χ0v) is 12.4. The summed E-state index contributed by atoms with van der Waals surface area (Å²) in [5.74, 6) is 0.908. The molecule has 0 bridgehead atoms. The number of ether oxygens (including phenoxy) is 2. The largest absolute Gasteiger partial charge is 0.493 e. The van der Waals surface area contributed by atoms with Gasteiger partial charge in [-0.3, -0.25) is 4.79 Å². The minimum atomic E-state index is -0.338. The van der Waals surface area contributed by atoms with E-state index in [1.165, 1.54) is 0 Å². The zero-order valence-electron chi connectivity index (χ0n) is 12.4. The number of carbonyl (C=O) groups is 1. The molecule has 22 heavy (non-hydrogen) atoms. The molecular weight excluding hydrogens is 280 g/mol. The predicted molar refractivity (Wildman–Crippen MR) is 83.8 cm³/mol. The van der Waals surface area contributed by atoms with Gasteiger partial charge in [-0.05, 0) is 23.8 Å². The number of nitrogens with zero attached hydrogens (tertiary/aromatic N) is 1. The second kappa shape index (κ2) is 7.14. The van der Waals surface area contributed by atoms with E-state index in [1.54, 1.807) is 20.3 Å². The molecule has 0 unspecified atom stereocenters. The fraction of sp³-hybridized carbons (Fsp3) is 0.176. The fourth-order valence-electron chi connectivity index (χ4n) is 2.11. The van der Waals surface area contributed by atoms with Crippen molar-refractivity contribution in [3.63, 3.8) is 0 Å². The molecule has 5 heteroatoms. The van der Waals surface area contributed by atoms with Crippen LogP contribution in [0.3, 0.4) is 0 Å². The highest BCUT2D eigenvalue weighted by molar-refractivity contribution is 5.96. The summed E-state index contributed by atoms with van der Waals surface area (Å²) in [6.45, 7) is 0. The molecule has 2 aromatic rings. The lowest BCUT2D eigenvalue weighted by Gasteiger charge is -2.13. The maximum absolute atomic E-state index is 11.6. The van der Waals surface area contributed by atoms with E-state index in [1.807, 2.05) is 42.5 Å². The summed E-state index contributed by atoms with van der Waals surface area (Å²) in [7, 11) is 3.15. The van der Waals surface area contributed by atoms with Gasteiger partial charge in [0, 0.05) is 11.3 Å². The van der Waals surface area contributed by atoms with Gasteiger partial charge in [0.1, 0.15) is 6.42 Å². The van der Waals surface area contributed by atoms with Crippen LogP contribution in [0.2, 0.25) is 0 Å². The molecule has 0 heterocycles. The lowest BCUT2D eigenvalue weighted by molar-refractivity contribution is -0.115. The highest BCUT2D eigenvalue weighted by Crippen LogP contribution is 2.35. The molecule has 2 aromatic carbocycles. The van der Waals surface area contributed by atoms with Crippen LogP contribution < -0.4 is 14.8 Å². The number of nitrogens with one attached hydrogen (secondary N) is 1. The smallest absolute Gasteiger partial charge is 0.238 e. The number of benzene rings is 2. The van der Waals surface area contributed by atoms with E-state index in [2.05, 4.69) is 5.32 Å². The minimum absolute atomic E-state index is 0.180. The fourth-order valence-corrected chi connectivity index (χ4v) is 2.11. The van der Waals surface area contributed by atoms with Crippen molar-refractivity contribution in [3.05, 3.63) is 42.5 Å². The van der Waals surface area contributed by atoms with Crippen molar-refractivity contribution in [2.24, 2.45) is 0 Å². The Morgan fingerprint density at radius 1 is 1.14 bits per heavy atom. The number of hydrogen-bond donors (Lipinski definition) is 1. The Balaban J connectivity index is 2.41. The van der Waals surface area contributed by atoms with Crippen molar-refractivity contribution < 1.29 is 14.3 Å². The summed E-state index contributed by atoms with van der Waals surface area (Å²) in [4.78, 5) is 11.6. The SMILES string of the molecule is COc1ccc(-c2ccccc2NC(=O)CC#N)cc1OC. The van der Waals surface area contributed by atoms with Gasteiger partial charge in [-0.15, -0.1) is 0 Å². The molecule has 1 N–H and O–H groups in total. The predicted octanol–water partition coefficient (Wildman–Crippen LogP) is 3.22. The monoisotopic (exact) mass is 296 g/mol. The van der Waals surface area contributed by atoms with Crippen LogP contribution in [0.1, 0.15) is 6.42 Å². The number of carbonyl (C=O) groups excluding carboxylic acids is 1. The molecule has 1 amide bonds. The molecule has 112 valence electrons. The van der Waals surface area contributed by atoms with Crippen LogP contribution in [0.25, 0.3) is 11.1 Å². The molecule has 0 saturated carbocycles. The Morgan fingerprint density at radius 2 is 1.86 bits per heavy atom. The number of amides is 1. The summed E-state index contributed by atoms with van der Waals surface area (Å²) in [5, 5.41) is 11.3. The van der Waals surface area contributed by atoms with Gasteiger partial charge >= 0.3 is 0 Å². The van der Waals surface area contributed by atoms with E-state index < -0.39 is 0 Å². The number of anilines is 1. The Hall–Kier alpha value is -3.00. The molecule has 0 aliphatic heterocycles. The maximum atomic E-state index is 11.6. The topological polar surface area (TPSA) is 71.3 Å². The molecule has 0 spiro atoms. The van der Waals surface area contributed by atoms with Crippen molar-refractivity contribution in [1.29, 1.82) is 5.26 Å². The number of methoxy groups -OCH3 is 2. The van der Waals surface area contributed by atoms with Crippen molar-refractivity contribution in [3.8, 4) is 28.7 Å². The van der Waals surface area contributed by atoms with Gasteiger partial charge in [0.2, 0.25) is 5.91 Å². The van der Waals surface area contributed by atoms with E-state index in [9.17, 15) is 4.79 Å². The number of rotatable bonds is 5. The highest BCUT2D eigenvalue weighted by atomic mass is 16.5. The second-order valence-corrected chi connectivity index (χ2v) is 4.50. The first-order valence-corrected chi connectivity index (χ1v) is 6.67. The number of nitriles is 1. The highest BCUT2D eigenvalue weighted by Gasteiger charge is 2.11. The van der Waals surface area contributed by atoms with E-state index in [0.717, 1.165) is 11.1 Å². The molecule has 0 saturated heterocycles. The van der Waals surface area contributed by atoms with Gasteiger partial charge in [0.05, 0.1) is 20.3 Å². The van der Waals surface area contributed by atoms with Crippen LogP contribution in [0.5, 0.6) is 11.5 Å². The van der Waals surface area contributed by atoms with Gasteiger partial charge in [0.25, 0.3) is 0 Å². The average Bonchev–Trinajstić information content (AvgIpc) is 2.55. The minimum Gasteiger partial charge on any atom is -0.493 e. The van der Waals surface area contributed by atoms with Crippen LogP contribution in [-0.4, -0.2) is 20.1 Å². The van der Waals surface area contributed by atoms with Gasteiger partial charge in [0.15, 0.2) is 11.5 Å². The van der Waals surface area contributed by atoms with Gasteiger partial charge in [-0.25, -0.2) is 0 Å². The lowest BCUT2D eigenvalue weighted by atomic mass is 10.0. The summed E-state index contributed by atoms with van der Waals surface area (Å²) in [6.07, 6.45) is -0.180. The molecule has 0 radical (unpaired) electrons. The van der Waals surface area contributed by atoms with Crippen molar-refractivity contribution >= 4 is 11.6 Å². The van der Waals surface area contributed by atoms with E-state index >= 15 is 0 Å². The van der Waals surface area contributed by atoms with Crippen molar-refractivity contribution in [1.82, 2.24) is 0 Å². The molecule has 0 aromatic heterocycles. The van der Waals surface area contributed by atoms with Gasteiger partial charge in [-0.2, -0.15) is 5.26 Å². The average molecular weight is 296 g/mol. The van der Waals surface area contributed by atoms with Crippen LogP contribution >= 0.6 is 0 Å². The number of hydrogen-bond acceptors (Lipinski definition) is 4. The third kappa shape index (κ3) is 3.36. The molecule has 0 aliphatic carbocycles. The third-order valence-corrected chi connectivity index (χ3v) is 3.14. The quantitative estimate of drug-likeness (QED) is 0.919. The molecule has 5 nitrogen and oxygen atoms in total. The normalized spacial score (nSPS) is 9.68. The summed E-state index contributed by atoms with van der Waals surface area (Å²) in [6, 6.07) is 14.8. The van der Waals surface area contributed by atoms with Crippen LogP contribution in [-0.2, 0) is 4.79 Å². The Morgan fingerprint density at radius 3 is 2.55 bits per heavy atom. The second-order valence-electron chi connectivity index (χ2n) is 4.50. The lowest BCUT2D eigenvalue weighted by Crippen LogP contribution is -2.10. The van der Waals surface area contributed by atoms with E-state index in [0.29, 0.717) is 17.2 Å². The Bertz CT molecular complexity index is 720. The standard InChI is InChI=1S/C17H16N2O3/c1-21-15-8-7-12(11-16(15)22-2)13-5-3-4-6-14(13)19-17(20)9-10-18/h3-8,11H,9H2,1-2H3,(H,19,20). The Labute approximate surface area is 129 Å². The summed E-state index contributed by atoms with van der Waals surface area (Å²) < 4.78 is 10.5. The van der Waals surface area contributed by atoms with Crippen LogP contribution in [0, 0.1) is 11.3 Å². The zero-order chi connectivity index (χ0) is 15.9. The molecular formula is C17H16N2O3. The Kier molecular flexibility index (Phi) is 4.99. The van der Waals surface area contributed by atoms with Gasteiger partial charge in [-0.1, -0.05) is 24.3 Å². The summed E-state index contributed by atoms with van der Waals surface area (Å²) in [5.41, 5.74) is 2.37. The maximum Gasteiger partial charge on any atom is 0.238 e. The van der Waals surface area contributed by atoms with E-state index in [-0.39, 0.29) is 12.3 Å². The first kappa shape index (κ1) is 15.4. The van der Waals surface area contributed by atoms with Crippen molar-refractivity contribution in [2.75, 3.05) is 19.5 Å². The van der Waals surface area contributed by atoms with Crippen molar-refractivity contribution in [2.45, 2.75) is 6.42 Å². The molecule has 0 aliphatic rings. The first-order chi connectivity index (χ1) is 10.7. The van der Waals surface area contributed by atoms with Gasteiger partial charge < -0.3 is 14.8 Å². The summed E-state index contributed by atoms with van der Waals surface area (Å²) >= 11 is 0. The van der Waals surface area contributed by atoms with Crippen LogP contribution in [0.4, 0.5) is 5.69 Å². The molecule has 0 atom stereocenters. The van der Waals surface area contributed by atoms with E-state index in [4.69, 9.17) is 14.7 Å². The third-order valence-electron chi connectivity index (χ3n) is 3.14. The number of para-hydroxylation sites is 1. The first-order valence-electron chi connectivity index (χ1n) is 6.67. The molecule has 0 fully saturated rings. The molecule has 2 rings (SSSR count).